The molecule has 1 atom stereocenters. The van der Waals surface area contributed by atoms with Crippen LogP contribution >= 0.6 is 11.8 Å². The molecule has 3 heterocycles. The number of amides is 1. The van der Waals surface area contributed by atoms with Crippen LogP contribution in [-0.2, 0) is 11.3 Å². The van der Waals surface area contributed by atoms with Crippen LogP contribution < -0.4 is 5.56 Å². The second kappa shape index (κ2) is 8.78. The van der Waals surface area contributed by atoms with Gasteiger partial charge in [0.05, 0.1) is 23.2 Å². The summed E-state index contributed by atoms with van der Waals surface area (Å²) in [7, 11) is 0. The Balaban J connectivity index is 1.62. The third kappa shape index (κ3) is 4.50. The lowest BCUT2D eigenvalue weighted by Gasteiger charge is -2.30. The topological polar surface area (TPSA) is 68.1 Å². The number of likely N-dealkylation sites (tertiary alicyclic amines) is 1. The lowest BCUT2D eigenvalue weighted by atomic mass is 10.0. The highest BCUT2D eigenvalue weighted by molar-refractivity contribution is 7.99. The van der Waals surface area contributed by atoms with Gasteiger partial charge in [0.1, 0.15) is 0 Å². The summed E-state index contributed by atoms with van der Waals surface area (Å²) in [6, 6.07) is 11.1. The zero-order chi connectivity index (χ0) is 20.2. The molecule has 29 heavy (non-hydrogen) atoms. The molecule has 0 N–H and O–H groups in total. The molecular formula is C22H24N4O2S. The van der Waals surface area contributed by atoms with Gasteiger partial charge in [-0.1, -0.05) is 36.9 Å². The van der Waals surface area contributed by atoms with Crippen molar-refractivity contribution < 1.29 is 4.79 Å². The lowest BCUT2D eigenvalue weighted by molar-refractivity contribution is -0.130. The van der Waals surface area contributed by atoms with Gasteiger partial charge in [-0.05, 0) is 42.5 Å². The Morgan fingerprint density at radius 1 is 1.24 bits per heavy atom. The number of thioether (sulfide) groups is 1. The van der Waals surface area contributed by atoms with Crippen LogP contribution in [-0.4, -0.2) is 44.2 Å². The summed E-state index contributed by atoms with van der Waals surface area (Å²) in [4.78, 5) is 36.6. The van der Waals surface area contributed by atoms with Crippen LogP contribution in [0.1, 0.15) is 25.3 Å². The van der Waals surface area contributed by atoms with Crippen molar-refractivity contribution in [3.05, 3.63) is 64.7 Å². The fourth-order valence-corrected chi connectivity index (χ4v) is 4.61. The van der Waals surface area contributed by atoms with Crippen molar-refractivity contribution in [2.24, 2.45) is 5.92 Å². The summed E-state index contributed by atoms with van der Waals surface area (Å²) < 4.78 is 1.65. The highest BCUT2D eigenvalue weighted by Crippen LogP contribution is 2.21. The van der Waals surface area contributed by atoms with Gasteiger partial charge in [-0.3, -0.25) is 19.1 Å². The number of carbonyl (C=O) groups is 1. The van der Waals surface area contributed by atoms with Gasteiger partial charge in [-0.2, -0.15) is 0 Å². The fraction of sp³-hybridized carbons (Fsp3) is 0.364. The van der Waals surface area contributed by atoms with E-state index in [1.165, 1.54) is 18.2 Å². The number of nitrogens with zero attached hydrogens (tertiary/aromatic N) is 4. The smallest absolute Gasteiger partial charge is 0.262 e. The van der Waals surface area contributed by atoms with Crippen LogP contribution in [0.15, 0.2) is 58.7 Å². The zero-order valence-corrected chi connectivity index (χ0v) is 17.3. The van der Waals surface area contributed by atoms with Crippen molar-refractivity contribution in [2.75, 3.05) is 18.8 Å². The van der Waals surface area contributed by atoms with E-state index in [1.54, 1.807) is 23.0 Å². The van der Waals surface area contributed by atoms with Crippen LogP contribution in [0.4, 0.5) is 0 Å². The zero-order valence-electron chi connectivity index (χ0n) is 16.5. The third-order valence-corrected chi connectivity index (χ3v) is 6.19. The highest BCUT2D eigenvalue weighted by atomic mass is 32.2. The molecule has 1 fully saturated rings. The minimum absolute atomic E-state index is 0.0963. The molecule has 6 nitrogen and oxygen atoms in total. The molecule has 0 spiro atoms. The van der Waals surface area contributed by atoms with Gasteiger partial charge in [0.15, 0.2) is 5.16 Å². The number of para-hydroxylation sites is 1. The molecule has 7 heteroatoms. The minimum Gasteiger partial charge on any atom is -0.342 e. The average molecular weight is 409 g/mol. The largest absolute Gasteiger partial charge is 0.342 e. The summed E-state index contributed by atoms with van der Waals surface area (Å²) >= 11 is 1.34. The predicted molar refractivity (Wildman–Crippen MR) is 115 cm³/mol. The molecule has 4 rings (SSSR count). The Bertz CT molecular complexity index is 1070. The van der Waals surface area contributed by atoms with E-state index in [0.29, 0.717) is 28.5 Å². The van der Waals surface area contributed by atoms with Crippen molar-refractivity contribution in [1.82, 2.24) is 19.4 Å². The van der Waals surface area contributed by atoms with E-state index in [9.17, 15) is 9.59 Å². The van der Waals surface area contributed by atoms with Gasteiger partial charge in [-0.25, -0.2) is 4.98 Å². The number of piperidine rings is 1. The summed E-state index contributed by atoms with van der Waals surface area (Å²) in [5.41, 5.74) is 1.48. The van der Waals surface area contributed by atoms with Gasteiger partial charge < -0.3 is 4.90 Å². The molecule has 1 aliphatic rings. The lowest BCUT2D eigenvalue weighted by Crippen LogP contribution is -2.40. The Hall–Kier alpha value is -2.67. The SMILES string of the molecule is CC1CCCN(C(=O)CSc2nc3ccccc3c(=O)n2Cc2cccnc2)C1. The Morgan fingerprint density at radius 3 is 2.90 bits per heavy atom. The first-order valence-corrected chi connectivity index (χ1v) is 10.9. The molecule has 1 unspecified atom stereocenters. The number of aromatic nitrogens is 3. The van der Waals surface area contributed by atoms with Crippen LogP contribution in [0.3, 0.4) is 0 Å². The number of hydrogen-bond donors (Lipinski definition) is 0. The molecule has 1 aliphatic heterocycles. The number of rotatable bonds is 5. The molecule has 0 bridgehead atoms. The van der Waals surface area contributed by atoms with Gasteiger partial charge >= 0.3 is 0 Å². The maximum atomic E-state index is 13.1. The van der Waals surface area contributed by atoms with E-state index < -0.39 is 0 Å². The van der Waals surface area contributed by atoms with Gasteiger partial charge in [0.2, 0.25) is 5.91 Å². The molecule has 0 aliphatic carbocycles. The van der Waals surface area contributed by atoms with E-state index in [2.05, 4.69) is 11.9 Å². The van der Waals surface area contributed by atoms with Gasteiger partial charge in [0, 0.05) is 25.5 Å². The molecular weight excluding hydrogens is 384 g/mol. The second-order valence-electron chi connectivity index (χ2n) is 7.54. The number of hydrogen-bond acceptors (Lipinski definition) is 5. The van der Waals surface area contributed by atoms with E-state index >= 15 is 0 Å². The van der Waals surface area contributed by atoms with Crippen LogP contribution in [0.25, 0.3) is 10.9 Å². The van der Waals surface area contributed by atoms with E-state index in [0.717, 1.165) is 25.1 Å². The van der Waals surface area contributed by atoms with Crippen LogP contribution in [0.2, 0.25) is 0 Å². The Kier molecular flexibility index (Phi) is 5.94. The van der Waals surface area contributed by atoms with E-state index in [-0.39, 0.29) is 17.2 Å². The molecule has 150 valence electrons. The molecule has 1 saturated heterocycles. The predicted octanol–water partition coefficient (Wildman–Crippen LogP) is 3.19. The minimum atomic E-state index is -0.0963. The van der Waals surface area contributed by atoms with Crippen LogP contribution in [0, 0.1) is 5.92 Å². The monoisotopic (exact) mass is 408 g/mol. The first-order chi connectivity index (χ1) is 14.1. The Labute approximate surface area is 174 Å². The molecule has 0 radical (unpaired) electrons. The quantitative estimate of drug-likeness (QED) is 0.479. The maximum Gasteiger partial charge on any atom is 0.262 e. The third-order valence-electron chi connectivity index (χ3n) is 5.22. The summed E-state index contributed by atoms with van der Waals surface area (Å²) in [6.07, 6.45) is 5.68. The van der Waals surface area contributed by atoms with Crippen molar-refractivity contribution in [3.8, 4) is 0 Å². The molecule has 1 amide bonds. The molecule has 1 aromatic carbocycles. The van der Waals surface area contributed by atoms with Crippen molar-refractivity contribution in [1.29, 1.82) is 0 Å². The van der Waals surface area contributed by atoms with Crippen molar-refractivity contribution >= 4 is 28.6 Å². The number of pyridine rings is 1. The molecule has 0 saturated carbocycles. The number of fused-ring (bicyclic) bond motifs is 1. The van der Waals surface area contributed by atoms with Crippen molar-refractivity contribution in [3.63, 3.8) is 0 Å². The normalized spacial score (nSPS) is 16.9. The highest BCUT2D eigenvalue weighted by Gasteiger charge is 2.22. The summed E-state index contributed by atoms with van der Waals surface area (Å²) in [5.74, 6) is 0.932. The summed E-state index contributed by atoms with van der Waals surface area (Å²) in [6.45, 7) is 4.19. The van der Waals surface area contributed by atoms with Crippen LogP contribution in [0.5, 0.6) is 0 Å². The standard InChI is InChI=1S/C22H24N4O2S/c1-16-6-5-11-25(13-16)20(27)15-29-22-24-19-9-3-2-8-18(19)21(28)26(22)14-17-7-4-10-23-12-17/h2-4,7-10,12,16H,5-6,11,13-15H2,1H3. The molecule has 2 aromatic heterocycles. The number of carbonyl (C=O) groups excluding carboxylic acids is 1. The van der Waals surface area contributed by atoms with Crippen molar-refractivity contribution in [2.45, 2.75) is 31.5 Å². The summed E-state index contributed by atoms with van der Waals surface area (Å²) in [5, 5.41) is 1.15. The number of benzene rings is 1. The van der Waals surface area contributed by atoms with Gasteiger partial charge in [-0.15, -0.1) is 0 Å². The average Bonchev–Trinajstić information content (AvgIpc) is 2.75. The maximum absolute atomic E-state index is 13.1. The second-order valence-corrected chi connectivity index (χ2v) is 8.48. The Morgan fingerprint density at radius 2 is 2.10 bits per heavy atom. The van der Waals surface area contributed by atoms with E-state index in [4.69, 9.17) is 4.98 Å². The first-order valence-electron chi connectivity index (χ1n) is 9.91. The molecule has 3 aromatic rings. The first kappa shape index (κ1) is 19.6. The van der Waals surface area contributed by atoms with Gasteiger partial charge in [0.25, 0.3) is 5.56 Å². The van der Waals surface area contributed by atoms with E-state index in [1.807, 2.05) is 35.2 Å². The fourth-order valence-electron chi connectivity index (χ4n) is 3.70.